The van der Waals surface area contributed by atoms with Gasteiger partial charge in [-0.3, -0.25) is 0 Å². The zero-order valence-corrected chi connectivity index (χ0v) is 10.8. The summed E-state index contributed by atoms with van der Waals surface area (Å²) in [6, 6.07) is 5.24. The van der Waals surface area contributed by atoms with Crippen molar-refractivity contribution in [1.82, 2.24) is 0 Å². The summed E-state index contributed by atoms with van der Waals surface area (Å²) in [7, 11) is -0.664. The zero-order valence-electron chi connectivity index (χ0n) is 9.90. The summed E-state index contributed by atoms with van der Waals surface area (Å²) in [5.41, 5.74) is 6.31. The summed E-state index contributed by atoms with van der Waals surface area (Å²) in [5, 5.41) is 0.772. The Morgan fingerprint density at radius 3 is 2.56 bits per heavy atom. The van der Waals surface area contributed by atoms with Gasteiger partial charge in [0.2, 0.25) is 0 Å². The van der Waals surface area contributed by atoms with Crippen molar-refractivity contribution in [3.63, 3.8) is 0 Å². The van der Waals surface area contributed by atoms with Crippen LogP contribution in [0.3, 0.4) is 0 Å². The predicted molar refractivity (Wildman–Crippen MR) is 67.3 cm³/mol. The van der Waals surface area contributed by atoms with Gasteiger partial charge in [-0.05, 0) is 31.5 Å². The van der Waals surface area contributed by atoms with Crippen molar-refractivity contribution < 1.29 is 14.0 Å². The molecule has 0 unspecified atom stereocenters. The van der Waals surface area contributed by atoms with Gasteiger partial charge in [0.25, 0.3) is 0 Å². The van der Waals surface area contributed by atoms with Gasteiger partial charge in [0.05, 0.1) is 12.3 Å². The number of hydrogen-bond donors (Lipinski definition) is 1. The first kappa shape index (κ1) is 13.1. The Bertz CT molecular complexity index is 400. The van der Waals surface area contributed by atoms with Crippen LogP contribution in [0, 0.1) is 0 Å². The molecule has 0 amide bonds. The lowest BCUT2D eigenvalue weighted by Crippen LogP contribution is -2.09. The van der Waals surface area contributed by atoms with Crippen molar-refractivity contribution >= 4 is 18.1 Å². The molecule has 0 spiro atoms. The Hall–Kier alpha value is -0.990. The molecule has 5 heteroatoms. The van der Waals surface area contributed by atoms with Crippen LogP contribution in [0.1, 0.15) is 0 Å². The molecule has 0 aliphatic carbocycles. The van der Waals surface area contributed by atoms with Crippen LogP contribution in [0.2, 0.25) is 0 Å². The first-order valence-electron chi connectivity index (χ1n) is 5.02. The van der Waals surface area contributed by atoms with E-state index in [9.17, 15) is 4.57 Å². The van der Waals surface area contributed by atoms with E-state index < -0.39 is 7.14 Å². The summed E-state index contributed by atoms with van der Waals surface area (Å²) >= 11 is 0. The maximum atomic E-state index is 11.9. The van der Waals surface area contributed by atoms with E-state index >= 15 is 0 Å². The summed E-state index contributed by atoms with van der Waals surface area (Å²) in [5.74, 6) is 0.568. The largest absolute Gasteiger partial charge is 0.489 e. The number of rotatable bonds is 5. The number of nitrogens with two attached hydrogens (primary N) is 1. The molecule has 2 N–H and O–H groups in total. The summed E-state index contributed by atoms with van der Waals surface area (Å²) in [6.07, 6.45) is 0. The number of benzene rings is 1. The third kappa shape index (κ3) is 3.54. The molecular weight excluding hydrogens is 225 g/mol. The molecule has 1 aromatic rings. The maximum Gasteiger partial charge on any atom is 0.143 e. The molecule has 0 heterocycles. The molecule has 1 rings (SSSR count). The van der Waals surface area contributed by atoms with E-state index in [1.807, 2.05) is 0 Å². The normalized spacial score (nSPS) is 11.4. The number of ether oxygens (including phenoxy) is 2. The molecule has 0 bridgehead atoms. The van der Waals surface area contributed by atoms with Gasteiger partial charge in [-0.25, -0.2) is 0 Å². The number of hydrogen-bond acceptors (Lipinski definition) is 4. The van der Waals surface area contributed by atoms with Crippen LogP contribution in [-0.2, 0) is 9.30 Å². The van der Waals surface area contributed by atoms with Crippen molar-refractivity contribution in [3.05, 3.63) is 18.2 Å². The van der Waals surface area contributed by atoms with Gasteiger partial charge in [0.1, 0.15) is 19.5 Å². The minimum atomic E-state index is -2.27. The fourth-order valence-corrected chi connectivity index (χ4v) is 2.08. The molecule has 0 radical (unpaired) electrons. The molecule has 0 aliphatic rings. The lowest BCUT2D eigenvalue weighted by Gasteiger charge is -2.12. The second kappa shape index (κ2) is 5.37. The standard InChI is InChI=1S/C11H18NO3P/c1-14-6-7-15-11-8-9(16(2,3)13)4-5-10(11)12/h4-5,8H,6-7,12H2,1-3H3. The van der Waals surface area contributed by atoms with E-state index in [4.69, 9.17) is 15.2 Å². The highest BCUT2D eigenvalue weighted by Crippen LogP contribution is 2.36. The van der Waals surface area contributed by atoms with Crippen LogP contribution < -0.4 is 15.8 Å². The second-order valence-corrected chi connectivity index (χ2v) is 7.13. The minimum absolute atomic E-state index is 0.432. The third-order valence-electron chi connectivity index (χ3n) is 2.16. The summed E-state index contributed by atoms with van der Waals surface area (Å²) in [4.78, 5) is 0. The highest BCUT2D eigenvalue weighted by atomic mass is 31.2. The van der Waals surface area contributed by atoms with Crippen LogP contribution in [0.5, 0.6) is 5.75 Å². The highest BCUT2D eigenvalue weighted by molar-refractivity contribution is 7.70. The number of anilines is 1. The van der Waals surface area contributed by atoms with Crippen LogP contribution in [0.4, 0.5) is 5.69 Å². The van der Waals surface area contributed by atoms with Crippen molar-refractivity contribution in [3.8, 4) is 5.75 Å². The van der Waals surface area contributed by atoms with Crippen LogP contribution in [0.15, 0.2) is 18.2 Å². The van der Waals surface area contributed by atoms with Gasteiger partial charge in [-0.2, -0.15) is 0 Å². The van der Waals surface area contributed by atoms with E-state index in [1.165, 1.54) is 0 Å². The Labute approximate surface area is 96.1 Å². The summed E-state index contributed by atoms with van der Waals surface area (Å²) < 4.78 is 22.2. The lowest BCUT2D eigenvalue weighted by molar-refractivity contribution is 0.147. The molecule has 1 aromatic carbocycles. The zero-order chi connectivity index (χ0) is 12.2. The molecule has 0 aromatic heterocycles. The van der Waals surface area contributed by atoms with Gasteiger partial charge < -0.3 is 19.8 Å². The molecule has 0 saturated heterocycles. The fourth-order valence-electron chi connectivity index (χ4n) is 1.22. The van der Waals surface area contributed by atoms with Crippen molar-refractivity contribution in [2.24, 2.45) is 0 Å². The van der Waals surface area contributed by atoms with E-state index in [-0.39, 0.29) is 0 Å². The molecule has 4 nitrogen and oxygen atoms in total. The van der Waals surface area contributed by atoms with Crippen LogP contribution in [-0.4, -0.2) is 33.7 Å². The van der Waals surface area contributed by atoms with Crippen molar-refractivity contribution in [2.75, 3.05) is 39.4 Å². The monoisotopic (exact) mass is 243 g/mol. The number of nitrogen functional groups attached to an aromatic ring is 1. The predicted octanol–water partition coefficient (Wildman–Crippen LogP) is 1.54. The fraction of sp³-hybridized carbons (Fsp3) is 0.455. The molecule has 0 atom stereocenters. The maximum absolute atomic E-state index is 11.9. The minimum Gasteiger partial charge on any atom is -0.489 e. The number of methoxy groups -OCH3 is 1. The Morgan fingerprint density at radius 1 is 1.31 bits per heavy atom. The molecule has 0 saturated carbocycles. The topological polar surface area (TPSA) is 61.5 Å². The lowest BCUT2D eigenvalue weighted by atomic mass is 10.3. The van der Waals surface area contributed by atoms with Crippen molar-refractivity contribution in [1.29, 1.82) is 0 Å². The van der Waals surface area contributed by atoms with Gasteiger partial charge >= 0.3 is 0 Å². The third-order valence-corrected chi connectivity index (χ3v) is 3.69. The molecular formula is C11H18NO3P. The van der Waals surface area contributed by atoms with Crippen molar-refractivity contribution in [2.45, 2.75) is 0 Å². The first-order valence-corrected chi connectivity index (χ1v) is 7.62. The molecule has 90 valence electrons. The quantitative estimate of drug-likeness (QED) is 0.484. The van der Waals surface area contributed by atoms with Gasteiger partial charge in [0, 0.05) is 12.4 Å². The smallest absolute Gasteiger partial charge is 0.143 e. The van der Waals surface area contributed by atoms with Gasteiger partial charge in [-0.1, -0.05) is 0 Å². The average Bonchev–Trinajstić information content (AvgIpc) is 2.19. The second-order valence-electron chi connectivity index (χ2n) is 3.91. The Balaban J connectivity index is 2.87. The van der Waals surface area contributed by atoms with Crippen LogP contribution >= 0.6 is 7.14 Å². The van der Waals surface area contributed by atoms with E-state index in [0.29, 0.717) is 24.7 Å². The summed E-state index contributed by atoms with van der Waals surface area (Å²) in [6.45, 7) is 4.37. The van der Waals surface area contributed by atoms with Gasteiger partial charge in [-0.15, -0.1) is 0 Å². The van der Waals surface area contributed by atoms with Gasteiger partial charge in [0.15, 0.2) is 0 Å². The van der Waals surface area contributed by atoms with E-state index in [2.05, 4.69) is 0 Å². The molecule has 0 aliphatic heterocycles. The molecule has 0 fully saturated rings. The SMILES string of the molecule is COCCOc1cc(P(C)(C)=O)ccc1N. The highest BCUT2D eigenvalue weighted by Gasteiger charge is 2.13. The first-order chi connectivity index (χ1) is 7.45. The van der Waals surface area contributed by atoms with E-state index in [0.717, 1.165) is 5.30 Å². The van der Waals surface area contributed by atoms with E-state index in [1.54, 1.807) is 38.6 Å². The average molecular weight is 243 g/mol. The Morgan fingerprint density at radius 2 is 2.00 bits per heavy atom. The molecule has 16 heavy (non-hydrogen) atoms. The van der Waals surface area contributed by atoms with Crippen LogP contribution in [0.25, 0.3) is 0 Å². The Kier molecular flexibility index (Phi) is 4.39.